The highest BCUT2D eigenvalue weighted by Crippen LogP contribution is 2.25. The minimum Gasteiger partial charge on any atom is -0.496 e. The first-order chi connectivity index (χ1) is 10.2. The lowest BCUT2D eigenvalue weighted by atomic mass is 10.1. The van der Waals surface area contributed by atoms with E-state index < -0.39 is 0 Å². The quantitative estimate of drug-likeness (QED) is 0.853. The Balaban J connectivity index is 1.96. The Bertz CT molecular complexity index is 493. The van der Waals surface area contributed by atoms with Crippen LogP contribution < -0.4 is 10.1 Å². The lowest BCUT2D eigenvalue weighted by Gasteiger charge is -2.24. The standard InChI is InChI=1S/C16H23BrN2O2/c1-18-11-14-4-3-9-19(14)16(20)8-5-12-10-13(17)6-7-15(12)21-2/h6-7,10,14,18H,3-5,8-9,11H2,1-2H3. The van der Waals surface area contributed by atoms with Crippen LogP contribution in [0.25, 0.3) is 0 Å². The van der Waals surface area contributed by atoms with Gasteiger partial charge in [0.15, 0.2) is 0 Å². The number of halogens is 1. The Morgan fingerprint density at radius 1 is 1.52 bits per heavy atom. The molecule has 0 spiro atoms. The molecule has 1 aromatic carbocycles. The zero-order chi connectivity index (χ0) is 15.2. The van der Waals surface area contributed by atoms with Crippen molar-refractivity contribution in [2.24, 2.45) is 0 Å². The van der Waals surface area contributed by atoms with Gasteiger partial charge in [-0.05, 0) is 50.1 Å². The van der Waals surface area contributed by atoms with Gasteiger partial charge < -0.3 is 15.0 Å². The third-order valence-corrected chi connectivity index (χ3v) is 4.48. The van der Waals surface area contributed by atoms with E-state index in [-0.39, 0.29) is 5.91 Å². The monoisotopic (exact) mass is 354 g/mol. The number of carbonyl (C=O) groups is 1. The van der Waals surface area contributed by atoms with Gasteiger partial charge in [0, 0.05) is 30.0 Å². The summed E-state index contributed by atoms with van der Waals surface area (Å²) in [5, 5.41) is 3.17. The molecule has 1 aliphatic rings. The molecule has 1 aliphatic heterocycles. The molecular formula is C16H23BrN2O2. The van der Waals surface area contributed by atoms with Gasteiger partial charge >= 0.3 is 0 Å². The maximum Gasteiger partial charge on any atom is 0.223 e. The molecule has 1 saturated heterocycles. The van der Waals surface area contributed by atoms with Gasteiger partial charge in [-0.2, -0.15) is 0 Å². The number of ether oxygens (including phenoxy) is 1. The van der Waals surface area contributed by atoms with Crippen LogP contribution in [0.2, 0.25) is 0 Å². The fourth-order valence-corrected chi connectivity index (χ4v) is 3.35. The highest BCUT2D eigenvalue weighted by molar-refractivity contribution is 9.10. The lowest BCUT2D eigenvalue weighted by molar-refractivity contribution is -0.131. The van der Waals surface area contributed by atoms with E-state index in [0.717, 1.165) is 41.7 Å². The zero-order valence-corrected chi connectivity index (χ0v) is 14.3. The van der Waals surface area contributed by atoms with Crippen LogP contribution in [0.15, 0.2) is 22.7 Å². The summed E-state index contributed by atoms with van der Waals surface area (Å²) < 4.78 is 6.38. The Hall–Kier alpha value is -1.07. The first-order valence-corrected chi connectivity index (χ1v) is 8.21. The van der Waals surface area contributed by atoms with Crippen molar-refractivity contribution in [3.63, 3.8) is 0 Å². The van der Waals surface area contributed by atoms with Crippen LogP contribution in [0.1, 0.15) is 24.8 Å². The number of carbonyl (C=O) groups excluding carboxylic acids is 1. The van der Waals surface area contributed by atoms with Gasteiger partial charge in [0.2, 0.25) is 5.91 Å². The molecule has 1 amide bonds. The minimum atomic E-state index is 0.245. The van der Waals surface area contributed by atoms with Crippen molar-refractivity contribution in [2.75, 3.05) is 27.2 Å². The van der Waals surface area contributed by atoms with Crippen molar-refractivity contribution >= 4 is 21.8 Å². The summed E-state index contributed by atoms with van der Waals surface area (Å²) in [5.74, 6) is 1.09. The number of benzene rings is 1. The summed E-state index contributed by atoms with van der Waals surface area (Å²) in [6.07, 6.45) is 3.46. The maximum absolute atomic E-state index is 12.4. The van der Waals surface area contributed by atoms with Crippen LogP contribution in [0, 0.1) is 0 Å². The molecule has 116 valence electrons. The summed E-state index contributed by atoms with van der Waals surface area (Å²) in [7, 11) is 3.60. The Kier molecular flexibility index (Phi) is 6.06. The van der Waals surface area contributed by atoms with Crippen molar-refractivity contribution in [2.45, 2.75) is 31.7 Å². The molecular weight excluding hydrogens is 332 g/mol. The topological polar surface area (TPSA) is 41.6 Å². The molecule has 0 saturated carbocycles. The van der Waals surface area contributed by atoms with E-state index in [4.69, 9.17) is 4.74 Å². The highest BCUT2D eigenvalue weighted by atomic mass is 79.9. The number of methoxy groups -OCH3 is 1. The number of nitrogens with one attached hydrogen (secondary N) is 1. The van der Waals surface area contributed by atoms with E-state index in [2.05, 4.69) is 21.2 Å². The smallest absolute Gasteiger partial charge is 0.223 e. The van der Waals surface area contributed by atoms with Crippen molar-refractivity contribution in [3.05, 3.63) is 28.2 Å². The summed E-state index contributed by atoms with van der Waals surface area (Å²) in [4.78, 5) is 14.5. The average molecular weight is 355 g/mol. The Morgan fingerprint density at radius 3 is 3.05 bits per heavy atom. The molecule has 1 atom stereocenters. The van der Waals surface area contributed by atoms with Crippen LogP contribution >= 0.6 is 15.9 Å². The van der Waals surface area contributed by atoms with Crippen molar-refractivity contribution < 1.29 is 9.53 Å². The molecule has 2 rings (SSSR count). The molecule has 1 aromatic rings. The van der Waals surface area contributed by atoms with Crippen LogP contribution in [0.3, 0.4) is 0 Å². The van der Waals surface area contributed by atoms with Gasteiger partial charge in [-0.25, -0.2) is 0 Å². The number of nitrogens with zero attached hydrogens (tertiary/aromatic N) is 1. The molecule has 1 fully saturated rings. The summed E-state index contributed by atoms with van der Waals surface area (Å²) in [6, 6.07) is 6.27. The molecule has 1 heterocycles. The molecule has 0 aromatic heterocycles. The fourth-order valence-electron chi connectivity index (χ4n) is 2.94. The highest BCUT2D eigenvalue weighted by Gasteiger charge is 2.27. The largest absolute Gasteiger partial charge is 0.496 e. The number of amides is 1. The minimum absolute atomic E-state index is 0.245. The molecule has 4 nitrogen and oxygen atoms in total. The molecule has 21 heavy (non-hydrogen) atoms. The normalized spacial score (nSPS) is 18.0. The molecule has 0 radical (unpaired) electrons. The predicted molar refractivity (Wildman–Crippen MR) is 87.7 cm³/mol. The first kappa shape index (κ1) is 16.3. The van der Waals surface area contributed by atoms with Gasteiger partial charge in [0.05, 0.1) is 7.11 Å². The second kappa shape index (κ2) is 7.80. The number of likely N-dealkylation sites (N-methyl/N-ethyl adjacent to an activating group) is 1. The molecule has 0 bridgehead atoms. The molecule has 5 heteroatoms. The second-order valence-electron chi connectivity index (χ2n) is 5.40. The maximum atomic E-state index is 12.4. The van der Waals surface area contributed by atoms with E-state index >= 15 is 0 Å². The Labute approximate surface area is 135 Å². The second-order valence-corrected chi connectivity index (χ2v) is 6.31. The first-order valence-electron chi connectivity index (χ1n) is 7.42. The van der Waals surface area contributed by atoms with E-state index in [1.165, 1.54) is 0 Å². The predicted octanol–water partition coefficient (Wildman–Crippen LogP) is 2.60. The summed E-state index contributed by atoms with van der Waals surface area (Å²) in [5.41, 5.74) is 1.07. The van der Waals surface area contributed by atoms with Gasteiger partial charge in [-0.15, -0.1) is 0 Å². The van der Waals surface area contributed by atoms with Crippen LogP contribution in [0.5, 0.6) is 5.75 Å². The van der Waals surface area contributed by atoms with Crippen molar-refractivity contribution in [1.82, 2.24) is 10.2 Å². The van der Waals surface area contributed by atoms with Crippen molar-refractivity contribution in [1.29, 1.82) is 0 Å². The van der Waals surface area contributed by atoms with Gasteiger partial charge in [0.1, 0.15) is 5.75 Å². The third-order valence-electron chi connectivity index (χ3n) is 3.99. The van der Waals surface area contributed by atoms with Gasteiger partial charge in [0.25, 0.3) is 0 Å². The molecule has 0 aliphatic carbocycles. The molecule has 1 N–H and O–H groups in total. The SMILES string of the molecule is CNCC1CCCN1C(=O)CCc1cc(Br)ccc1OC. The number of hydrogen-bond donors (Lipinski definition) is 1. The van der Waals surface area contributed by atoms with Crippen LogP contribution in [-0.2, 0) is 11.2 Å². The van der Waals surface area contributed by atoms with E-state index in [1.807, 2.05) is 30.1 Å². The summed E-state index contributed by atoms with van der Waals surface area (Å²) >= 11 is 3.47. The van der Waals surface area contributed by atoms with E-state index in [0.29, 0.717) is 18.9 Å². The average Bonchev–Trinajstić information content (AvgIpc) is 2.93. The number of aryl methyl sites for hydroxylation is 1. The Morgan fingerprint density at radius 2 is 2.33 bits per heavy atom. The third kappa shape index (κ3) is 4.20. The van der Waals surface area contributed by atoms with Crippen LogP contribution in [-0.4, -0.2) is 44.1 Å². The van der Waals surface area contributed by atoms with E-state index in [9.17, 15) is 4.79 Å². The number of rotatable bonds is 6. The fraction of sp³-hybridized carbons (Fsp3) is 0.562. The van der Waals surface area contributed by atoms with Crippen molar-refractivity contribution in [3.8, 4) is 5.75 Å². The lowest BCUT2D eigenvalue weighted by Crippen LogP contribution is -2.40. The summed E-state index contributed by atoms with van der Waals surface area (Å²) in [6.45, 7) is 1.77. The van der Waals surface area contributed by atoms with Gasteiger partial charge in [-0.3, -0.25) is 4.79 Å². The zero-order valence-electron chi connectivity index (χ0n) is 12.7. The van der Waals surface area contributed by atoms with E-state index in [1.54, 1.807) is 7.11 Å². The van der Waals surface area contributed by atoms with Crippen LogP contribution in [0.4, 0.5) is 0 Å². The molecule has 1 unspecified atom stereocenters. The van der Waals surface area contributed by atoms with Gasteiger partial charge in [-0.1, -0.05) is 15.9 Å². The number of hydrogen-bond acceptors (Lipinski definition) is 3. The number of likely N-dealkylation sites (tertiary alicyclic amines) is 1.